The summed E-state index contributed by atoms with van der Waals surface area (Å²) in [4.78, 5) is 14.7. The highest BCUT2D eigenvalue weighted by molar-refractivity contribution is 7.92. The zero-order valence-corrected chi connectivity index (χ0v) is 22.0. The van der Waals surface area contributed by atoms with Crippen LogP contribution in [0.4, 0.5) is 14.5 Å². The standard InChI is InChI=1S/C26H31ClF2N2O4S/c1-15(2)31(3)14-26(33)17-5-6-18(26)12-20(11-17)36(34,35)24-10-16(4-8-21(24)27)25(32)30-19-7-9-22(28)23(29)13-19/h4,7-10,13,15,17-18,20,33H,5-6,11-12,14H2,1-3H3,(H,30,32)/t17-,18?,20?,26?/m0/s1. The molecule has 2 aliphatic carbocycles. The van der Waals surface area contributed by atoms with Crippen molar-refractivity contribution in [2.24, 2.45) is 11.8 Å². The number of carbonyl (C=O) groups excluding carboxylic acids is 1. The lowest BCUT2D eigenvalue weighted by molar-refractivity contribution is -0.0806. The van der Waals surface area contributed by atoms with Crippen LogP contribution < -0.4 is 5.32 Å². The number of sulfone groups is 1. The third-order valence-electron chi connectivity index (χ3n) is 7.87. The van der Waals surface area contributed by atoms with E-state index < -0.39 is 38.2 Å². The normalized spacial score (nSPS) is 26.0. The number of halogens is 3. The smallest absolute Gasteiger partial charge is 0.255 e. The van der Waals surface area contributed by atoms with E-state index in [1.54, 1.807) is 0 Å². The molecule has 2 N–H and O–H groups in total. The van der Waals surface area contributed by atoms with Crippen LogP contribution in [-0.2, 0) is 9.84 Å². The molecule has 10 heteroatoms. The van der Waals surface area contributed by atoms with Gasteiger partial charge in [0, 0.05) is 29.9 Å². The molecule has 3 unspecified atom stereocenters. The van der Waals surface area contributed by atoms with Crippen LogP contribution in [0, 0.1) is 23.5 Å². The Balaban J connectivity index is 1.56. The van der Waals surface area contributed by atoms with Crippen molar-refractivity contribution in [2.75, 3.05) is 18.9 Å². The van der Waals surface area contributed by atoms with Crippen LogP contribution in [0.15, 0.2) is 41.3 Å². The average molecular weight is 541 g/mol. The molecule has 2 aliphatic rings. The van der Waals surface area contributed by atoms with Gasteiger partial charge in [-0.25, -0.2) is 17.2 Å². The second-order valence-electron chi connectivity index (χ2n) is 10.3. The number of amides is 1. The van der Waals surface area contributed by atoms with Gasteiger partial charge in [0.15, 0.2) is 21.5 Å². The van der Waals surface area contributed by atoms with E-state index in [1.165, 1.54) is 24.3 Å². The van der Waals surface area contributed by atoms with E-state index in [9.17, 15) is 27.1 Å². The summed E-state index contributed by atoms with van der Waals surface area (Å²) in [5.41, 5.74) is -0.870. The zero-order chi connectivity index (χ0) is 26.4. The minimum atomic E-state index is -3.90. The first-order chi connectivity index (χ1) is 16.8. The van der Waals surface area contributed by atoms with Crippen molar-refractivity contribution < 1.29 is 27.1 Å². The Morgan fingerprint density at radius 1 is 1.14 bits per heavy atom. The minimum Gasteiger partial charge on any atom is -0.388 e. The molecule has 0 heterocycles. The van der Waals surface area contributed by atoms with Gasteiger partial charge < -0.3 is 15.3 Å². The van der Waals surface area contributed by atoms with Crippen LogP contribution in [0.1, 0.15) is 49.9 Å². The van der Waals surface area contributed by atoms with Crippen LogP contribution in [0.25, 0.3) is 0 Å². The molecule has 196 valence electrons. The fourth-order valence-electron chi connectivity index (χ4n) is 5.52. The van der Waals surface area contributed by atoms with E-state index in [1.807, 2.05) is 7.05 Å². The van der Waals surface area contributed by atoms with E-state index in [0.29, 0.717) is 19.4 Å². The predicted molar refractivity (Wildman–Crippen MR) is 135 cm³/mol. The number of benzene rings is 2. The molecule has 4 rings (SSSR count). The summed E-state index contributed by atoms with van der Waals surface area (Å²) in [5.74, 6) is -3.12. The highest BCUT2D eigenvalue weighted by Gasteiger charge is 2.56. The van der Waals surface area contributed by atoms with Crippen LogP contribution in [0.5, 0.6) is 0 Å². The number of nitrogens with one attached hydrogen (secondary N) is 1. The number of likely N-dealkylation sites (N-methyl/N-ethyl adjacent to an activating group) is 1. The van der Waals surface area contributed by atoms with Gasteiger partial charge in [-0.15, -0.1) is 0 Å². The van der Waals surface area contributed by atoms with Gasteiger partial charge in [0.25, 0.3) is 5.91 Å². The molecule has 2 saturated carbocycles. The van der Waals surface area contributed by atoms with E-state index in [2.05, 4.69) is 24.1 Å². The van der Waals surface area contributed by atoms with Crippen molar-refractivity contribution >= 4 is 33.0 Å². The van der Waals surface area contributed by atoms with Crippen LogP contribution in [0.3, 0.4) is 0 Å². The molecular formula is C26H31ClF2N2O4S. The van der Waals surface area contributed by atoms with Crippen molar-refractivity contribution in [3.8, 4) is 0 Å². The van der Waals surface area contributed by atoms with Crippen molar-refractivity contribution in [1.29, 1.82) is 0 Å². The summed E-state index contributed by atoms with van der Waals surface area (Å²) < 4.78 is 54.1. The average Bonchev–Trinajstić information content (AvgIpc) is 2.98. The molecule has 6 nitrogen and oxygen atoms in total. The molecule has 0 radical (unpaired) electrons. The molecule has 2 fully saturated rings. The molecule has 1 amide bonds. The lowest BCUT2D eigenvalue weighted by atomic mass is 9.74. The number of nitrogens with zero attached hydrogens (tertiary/aromatic N) is 1. The van der Waals surface area contributed by atoms with Gasteiger partial charge in [-0.05, 0) is 88.7 Å². The number of fused-ring (bicyclic) bond motifs is 2. The predicted octanol–water partition coefficient (Wildman–Crippen LogP) is 4.90. The van der Waals surface area contributed by atoms with Gasteiger partial charge >= 0.3 is 0 Å². The van der Waals surface area contributed by atoms with E-state index >= 15 is 0 Å². The quantitative estimate of drug-likeness (QED) is 0.521. The number of aliphatic hydroxyl groups is 1. The molecule has 0 aliphatic heterocycles. The van der Waals surface area contributed by atoms with Crippen LogP contribution in [-0.4, -0.2) is 54.8 Å². The molecule has 2 aromatic carbocycles. The second-order valence-corrected chi connectivity index (χ2v) is 12.9. The minimum absolute atomic E-state index is 0.00657. The summed E-state index contributed by atoms with van der Waals surface area (Å²) in [5, 5.41) is 13.3. The summed E-state index contributed by atoms with van der Waals surface area (Å²) >= 11 is 6.29. The van der Waals surface area contributed by atoms with Crippen LogP contribution >= 0.6 is 11.6 Å². The first kappa shape index (κ1) is 27.0. The molecule has 4 atom stereocenters. The fourth-order valence-corrected chi connectivity index (χ4v) is 7.93. The van der Waals surface area contributed by atoms with Gasteiger partial charge in [-0.3, -0.25) is 4.79 Å². The van der Waals surface area contributed by atoms with Crippen molar-refractivity contribution in [3.05, 3.63) is 58.6 Å². The maximum Gasteiger partial charge on any atom is 0.255 e. The Labute approximate surface area is 215 Å². The van der Waals surface area contributed by atoms with E-state index in [-0.39, 0.29) is 39.0 Å². The monoisotopic (exact) mass is 540 g/mol. The summed E-state index contributed by atoms with van der Waals surface area (Å²) in [6.45, 7) is 4.60. The SMILES string of the molecule is CC(C)N(C)CC1(O)C2CC[C@H]1CC(S(=O)(=O)c1cc(C(=O)Nc3ccc(F)c(F)c3)ccc1Cl)C2. The molecule has 0 aromatic heterocycles. The fraction of sp³-hybridized carbons (Fsp3) is 0.500. The number of carbonyl (C=O) groups is 1. The summed E-state index contributed by atoms with van der Waals surface area (Å²) in [7, 11) is -1.94. The largest absolute Gasteiger partial charge is 0.388 e. The van der Waals surface area contributed by atoms with Crippen LogP contribution in [0.2, 0.25) is 5.02 Å². The molecule has 2 bridgehead atoms. The van der Waals surface area contributed by atoms with E-state index in [0.717, 1.165) is 25.0 Å². The third kappa shape index (κ3) is 5.03. The van der Waals surface area contributed by atoms with Crippen molar-refractivity contribution in [2.45, 2.75) is 61.3 Å². The number of hydrogen-bond acceptors (Lipinski definition) is 5. The van der Waals surface area contributed by atoms with Crippen molar-refractivity contribution in [1.82, 2.24) is 4.90 Å². The number of anilines is 1. The summed E-state index contributed by atoms with van der Waals surface area (Å²) in [6.07, 6.45) is 2.18. The van der Waals surface area contributed by atoms with E-state index in [4.69, 9.17) is 11.6 Å². The highest BCUT2D eigenvalue weighted by Crippen LogP contribution is 2.52. The lowest BCUT2D eigenvalue weighted by Gasteiger charge is -2.45. The first-order valence-electron chi connectivity index (χ1n) is 12.1. The first-order valence-corrected chi connectivity index (χ1v) is 14.0. The summed E-state index contributed by atoms with van der Waals surface area (Å²) in [6, 6.07) is 7.15. The maximum absolute atomic E-state index is 13.7. The van der Waals surface area contributed by atoms with Gasteiger partial charge in [0.1, 0.15) is 0 Å². The van der Waals surface area contributed by atoms with Gasteiger partial charge in [-0.1, -0.05) is 11.6 Å². The Kier molecular flexibility index (Phi) is 7.50. The van der Waals surface area contributed by atoms with Crippen molar-refractivity contribution in [3.63, 3.8) is 0 Å². The Morgan fingerprint density at radius 3 is 2.36 bits per heavy atom. The lowest BCUT2D eigenvalue weighted by Crippen LogP contribution is -2.55. The zero-order valence-electron chi connectivity index (χ0n) is 20.5. The molecule has 0 spiro atoms. The second kappa shape index (κ2) is 10.0. The number of rotatable bonds is 7. The molecular weight excluding hydrogens is 510 g/mol. The molecule has 0 saturated heterocycles. The van der Waals surface area contributed by atoms with Gasteiger partial charge in [0.2, 0.25) is 0 Å². The number of hydrogen-bond donors (Lipinski definition) is 2. The molecule has 2 aromatic rings. The molecule has 36 heavy (non-hydrogen) atoms. The Morgan fingerprint density at radius 2 is 1.78 bits per heavy atom. The maximum atomic E-state index is 13.7. The topological polar surface area (TPSA) is 86.7 Å². The highest BCUT2D eigenvalue weighted by atomic mass is 35.5. The van der Waals surface area contributed by atoms with Gasteiger partial charge in [-0.2, -0.15) is 0 Å². The third-order valence-corrected chi connectivity index (χ3v) is 10.5. The Bertz CT molecular complexity index is 1260. The Hall–Kier alpha value is -2.07. The van der Waals surface area contributed by atoms with Gasteiger partial charge in [0.05, 0.1) is 20.8 Å².